The van der Waals surface area contributed by atoms with Crippen LogP contribution in [-0.2, 0) is 31.3 Å². The first-order valence-corrected chi connectivity index (χ1v) is 4.98. The van der Waals surface area contributed by atoms with Crippen molar-refractivity contribution in [2.75, 3.05) is 14.1 Å². The molecule has 0 amide bonds. The maximum Gasteiger partial charge on any atom is 0 e. The Balaban J connectivity index is -0.000000162. The van der Waals surface area contributed by atoms with Crippen LogP contribution < -0.4 is 0 Å². The maximum absolute atomic E-state index is 10.7. The molecule has 0 saturated heterocycles. The van der Waals surface area contributed by atoms with Gasteiger partial charge in [-0.25, -0.2) is 0 Å². The standard InChI is InChI=1S/C11H15NO.3CO.Cr/c1-9(12(2)3)11-7-5-4-6-10(11)8-13;3*1-2;/h4-9H,1-3H3;;;;/t9-;;;;/m1..../s1. The molecular formula is C14H15CrNO4. The Morgan fingerprint density at radius 2 is 1.45 bits per heavy atom. The molecule has 0 bridgehead atoms. The van der Waals surface area contributed by atoms with E-state index in [1.165, 1.54) is 0 Å². The normalized spacial score (nSPS) is 8.70. The van der Waals surface area contributed by atoms with Crippen molar-refractivity contribution < 1.29 is 36.1 Å². The summed E-state index contributed by atoms with van der Waals surface area (Å²) in [6.45, 7) is 15.6. The molecule has 1 aromatic carbocycles. The van der Waals surface area contributed by atoms with Crippen LogP contribution in [0.15, 0.2) is 24.3 Å². The molecule has 0 aromatic heterocycles. The van der Waals surface area contributed by atoms with E-state index in [1.807, 2.05) is 38.4 Å². The zero-order valence-electron chi connectivity index (χ0n) is 11.5. The first kappa shape index (κ1) is 27.0. The second-order valence-corrected chi connectivity index (χ2v) is 3.39. The number of rotatable bonds is 3. The summed E-state index contributed by atoms with van der Waals surface area (Å²) in [5, 5.41) is 0. The van der Waals surface area contributed by atoms with E-state index in [0.29, 0.717) is 0 Å². The average Bonchev–Trinajstić information content (AvgIpc) is 2.52. The summed E-state index contributed by atoms with van der Waals surface area (Å²) in [6.07, 6.45) is 0.912. The molecule has 1 atom stereocenters. The van der Waals surface area contributed by atoms with Crippen LogP contribution in [-0.4, -0.2) is 25.3 Å². The Labute approximate surface area is 130 Å². The smallest absolute Gasteiger partial charge is 0 e. The van der Waals surface area contributed by atoms with E-state index in [4.69, 9.17) is 14.0 Å². The molecular weight excluding hydrogens is 298 g/mol. The van der Waals surface area contributed by atoms with Crippen LogP contribution in [0.1, 0.15) is 28.9 Å². The fourth-order valence-corrected chi connectivity index (χ4v) is 1.28. The van der Waals surface area contributed by atoms with Crippen molar-refractivity contribution in [1.29, 1.82) is 0 Å². The van der Waals surface area contributed by atoms with Gasteiger partial charge in [-0.2, -0.15) is 0 Å². The molecule has 0 aliphatic heterocycles. The summed E-state index contributed by atoms with van der Waals surface area (Å²) in [5.74, 6) is 0. The Hall–Kier alpha value is -1.40. The second-order valence-electron chi connectivity index (χ2n) is 3.39. The summed E-state index contributed by atoms with van der Waals surface area (Å²) >= 11 is 0. The SMILES string of the molecule is C[C@H](c1ccccc1C=O)N(C)C.[C-]#[O+].[C-]#[O+].[C-]#[O+].[Cr]. The maximum atomic E-state index is 10.7. The minimum absolute atomic E-state index is 0. The first-order valence-electron chi connectivity index (χ1n) is 4.98. The zero-order valence-corrected chi connectivity index (χ0v) is 12.7. The molecule has 0 unspecified atom stereocenters. The summed E-state index contributed by atoms with van der Waals surface area (Å²) in [5.41, 5.74) is 1.87. The van der Waals surface area contributed by atoms with E-state index in [1.54, 1.807) is 0 Å². The molecule has 0 aliphatic rings. The number of aldehydes is 1. The number of hydrogen-bond donors (Lipinski definition) is 0. The summed E-state index contributed by atoms with van der Waals surface area (Å²) < 4.78 is 22.5. The van der Waals surface area contributed by atoms with Gasteiger partial charge in [0.2, 0.25) is 0 Å². The monoisotopic (exact) mass is 313 g/mol. The summed E-state index contributed by atoms with van der Waals surface area (Å²) in [6, 6.07) is 7.97. The predicted octanol–water partition coefficient (Wildman–Crippen LogP) is 2.01. The van der Waals surface area contributed by atoms with Crippen LogP contribution in [0.4, 0.5) is 0 Å². The third kappa shape index (κ3) is 10.5. The van der Waals surface area contributed by atoms with Crippen LogP contribution >= 0.6 is 0 Å². The summed E-state index contributed by atoms with van der Waals surface area (Å²) in [4.78, 5) is 12.8. The van der Waals surface area contributed by atoms with Crippen molar-refractivity contribution in [2.24, 2.45) is 0 Å². The average molecular weight is 313 g/mol. The van der Waals surface area contributed by atoms with E-state index in [0.717, 1.165) is 17.4 Å². The van der Waals surface area contributed by atoms with E-state index in [9.17, 15) is 4.79 Å². The number of hydrogen-bond acceptors (Lipinski definition) is 2. The fourth-order valence-electron chi connectivity index (χ4n) is 1.28. The van der Waals surface area contributed by atoms with Crippen LogP contribution in [0.2, 0.25) is 0 Å². The van der Waals surface area contributed by atoms with Crippen molar-refractivity contribution in [3.05, 3.63) is 55.3 Å². The molecule has 1 aromatic rings. The third-order valence-corrected chi connectivity index (χ3v) is 2.35. The molecule has 0 saturated carbocycles. The van der Waals surface area contributed by atoms with Crippen molar-refractivity contribution in [3.63, 3.8) is 0 Å². The molecule has 0 fully saturated rings. The molecule has 0 heterocycles. The number of benzene rings is 1. The van der Waals surface area contributed by atoms with E-state index < -0.39 is 0 Å². The summed E-state index contributed by atoms with van der Waals surface area (Å²) in [7, 11) is 4.01. The Kier molecular flexibility index (Phi) is 26.9. The molecule has 0 N–H and O–H groups in total. The van der Waals surface area contributed by atoms with Gasteiger partial charge in [0, 0.05) is 29.0 Å². The van der Waals surface area contributed by atoms with Crippen molar-refractivity contribution in [1.82, 2.24) is 4.90 Å². The van der Waals surface area contributed by atoms with Gasteiger partial charge < -0.3 is 4.90 Å². The topological polar surface area (TPSA) is 80.0 Å². The Morgan fingerprint density at radius 3 is 1.80 bits per heavy atom. The Bertz CT molecular complexity index is 399. The van der Waals surface area contributed by atoms with Gasteiger partial charge in [0.05, 0.1) is 0 Å². The van der Waals surface area contributed by atoms with E-state index in [-0.39, 0.29) is 23.4 Å². The first-order chi connectivity index (χ1) is 9.16. The molecule has 6 heteroatoms. The number of carbonyl (C=O) groups is 1. The van der Waals surface area contributed by atoms with E-state index in [2.05, 4.69) is 31.8 Å². The largest absolute Gasteiger partial charge is 0 e. The van der Waals surface area contributed by atoms with Crippen LogP contribution in [0.25, 0.3) is 0 Å². The minimum Gasteiger partial charge on any atom is 0 e. The van der Waals surface area contributed by atoms with E-state index >= 15 is 0 Å². The predicted molar refractivity (Wildman–Crippen MR) is 65.7 cm³/mol. The van der Waals surface area contributed by atoms with Gasteiger partial charge in [-0.3, -0.25) is 4.79 Å². The molecule has 0 radical (unpaired) electrons. The van der Waals surface area contributed by atoms with Gasteiger partial charge >= 0.3 is 33.9 Å². The fraction of sp³-hybridized carbons (Fsp3) is 0.286. The van der Waals surface area contributed by atoms with Crippen molar-refractivity contribution >= 4 is 6.29 Å². The number of carbonyl (C=O) groups excluding carboxylic acids is 1. The van der Waals surface area contributed by atoms with Crippen LogP contribution in [0.5, 0.6) is 0 Å². The minimum atomic E-state index is 0. The van der Waals surface area contributed by atoms with Crippen LogP contribution in [0.3, 0.4) is 0 Å². The molecule has 106 valence electrons. The third-order valence-electron chi connectivity index (χ3n) is 2.35. The zero-order chi connectivity index (χ0) is 15.8. The van der Waals surface area contributed by atoms with Gasteiger partial charge in [0.1, 0.15) is 6.29 Å². The van der Waals surface area contributed by atoms with Crippen molar-refractivity contribution in [3.8, 4) is 0 Å². The molecule has 5 nitrogen and oxygen atoms in total. The van der Waals surface area contributed by atoms with Gasteiger partial charge in [0.15, 0.2) is 0 Å². The Morgan fingerprint density at radius 1 is 1.05 bits per heavy atom. The molecule has 1 rings (SSSR count). The second kappa shape index (κ2) is 19.9. The van der Waals surface area contributed by atoms with Gasteiger partial charge in [0.25, 0.3) is 0 Å². The van der Waals surface area contributed by atoms with Gasteiger partial charge in [-0.15, -0.1) is 0 Å². The molecule has 0 spiro atoms. The van der Waals surface area contributed by atoms with Crippen molar-refractivity contribution in [2.45, 2.75) is 13.0 Å². The van der Waals surface area contributed by atoms with Gasteiger partial charge in [-0.05, 0) is 26.6 Å². The molecule has 20 heavy (non-hydrogen) atoms. The quantitative estimate of drug-likeness (QED) is 0.486. The number of nitrogens with zero attached hydrogens (tertiary/aromatic N) is 1. The van der Waals surface area contributed by atoms with Gasteiger partial charge in [-0.1, -0.05) is 24.3 Å². The molecule has 0 aliphatic carbocycles. The van der Waals surface area contributed by atoms with Crippen LogP contribution in [0, 0.1) is 20.0 Å².